The largest absolute Gasteiger partial charge is 0.380 e. The van der Waals surface area contributed by atoms with Crippen LogP contribution in [0.15, 0.2) is 67.0 Å². The summed E-state index contributed by atoms with van der Waals surface area (Å²) in [4.78, 5) is 53.9. The zero-order valence-electron chi connectivity index (χ0n) is 23.7. The number of benzene rings is 2. The molecule has 3 atom stereocenters. The van der Waals surface area contributed by atoms with E-state index in [2.05, 4.69) is 44.4 Å². The quantitative estimate of drug-likeness (QED) is 0.328. The van der Waals surface area contributed by atoms with E-state index in [1.807, 2.05) is 12.4 Å². The second-order valence-electron chi connectivity index (χ2n) is 12.1. The van der Waals surface area contributed by atoms with Gasteiger partial charge in [0.25, 0.3) is 11.8 Å². The highest BCUT2D eigenvalue weighted by Crippen LogP contribution is 2.42. The monoisotopic (exact) mass is 582 g/mol. The number of hydrogen-bond donors (Lipinski definition) is 2. The topological polar surface area (TPSA) is 103 Å². The molecule has 2 aromatic carbocycles. The van der Waals surface area contributed by atoms with E-state index in [0.29, 0.717) is 30.1 Å². The van der Waals surface area contributed by atoms with Crippen molar-refractivity contribution in [3.8, 4) is 0 Å². The number of piperidine rings is 1. The number of imide groups is 2. The lowest BCUT2D eigenvalue weighted by atomic mass is 10.0. The first kappa shape index (κ1) is 27.4. The molecule has 0 spiro atoms. The number of halogens is 1. The molecule has 4 amide bonds. The van der Waals surface area contributed by atoms with Gasteiger partial charge in [0.2, 0.25) is 11.8 Å². The standard InChI is InChI=1S/C33H32FN5O4/c34-24-10-12-38(13-11-24)25-14-22-18-37(19-23(22)15-25)17-21-6-4-20(5-7-21)16-35-27-3-1-2-26-30(27)33(43)39(32(26)42)28-8-9-29(40)36-31(28)41/h1-7,10-13,22-23,25,28H,8-9,14-19H2,(H-,35,36,40,41,43)/p+1. The number of carbonyl (C=O) groups excluding carboxylic acids is 4. The Kier molecular flexibility index (Phi) is 7.01. The lowest BCUT2D eigenvalue weighted by molar-refractivity contribution is -0.722. The van der Waals surface area contributed by atoms with Crippen molar-refractivity contribution >= 4 is 29.3 Å². The summed E-state index contributed by atoms with van der Waals surface area (Å²) >= 11 is 0. The molecular formula is C33H33FN5O4+. The maximum atomic E-state index is 13.3. The molecule has 3 unspecified atom stereocenters. The van der Waals surface area contributed by atoms with Crippen LogP contribution in [0.4, 0.5) is 10.1 Å². The smallest absolute Gasteiger partial charge is 0.264 e. The van der Waals surface area contributed by atoms with E-state index in [9.17, 15) is 23.6 Å². The Morgan fingerprint density at radius 3 is 2.28 bits per heavy atom. The van der Waals surface area contributed by atoms with E-state index in [4.69, 9.17) is 0 Å². The molecule has 4 aliphatic rings. The van der Waals surface area contributed by atoms with Gasteiger partial charge in [-0.05, 0) is 41.5 Å². The summed E-state index contributed by atoms with van der Waals surface area (Å²) < 4.78 is 15.5. The van der Waals surface area contributed by atoms with E-state index in [0.717, 1.165) is 42.9 Å². The molecule has 9 nitrogen and oxygen atoms in total. The number of fused-ring (bicyclic) bond motifs is 2. The van der Waals surface area contributed by atoms with Crippen LogP contribution in [0.3, 0.4) is 0 Å². The van der Waals surface area contributed by atoms with Gasteiger partial charge in [0, 0.05) is 63.3 Å². The Bertz CT molecular complexity index is 1590. The van der Waals surface area contributed by atoms with Gasteiger partial charge in [-0.15, -0.1) is 0 Å². The lowest BCUT2D eigenvalue weighted by Gasteiger charge is -2.27. The molecule has 4 heterocycles. The van der Waals surface area contributed by atoms with E-state index in [1.54, 1.807) is 18.2 Å². The zero-order chi connectivity index (χ0) is 29.7. The highest BCUT2D eigenvalue weighted by molar-refractivity contribution is 6.25. The fraction of sp³-hybridized carbons (Fsp3) is 0.364. The van der Waals surface area contributed by atoms with Crippen molar-refractivity contribution in [2.45, 2.75) is 50.9 Å². The molecule has 2 N–H and O–H groups in total. The van der Waals surface area contributed by atoms with Crippen molar-refractivity contribution < 1.29 is 28.1 Å². The average Bonchev–Trinajstić information content (AvgIpc) is 3.64. The van der Waals surface area contributed by atoms with Gasteiger partial charge in [0.05, 0.1) is 11.1 Å². The number of pyridine rings is 1. The van der Waals surface area contributed by atoms with Crippen molar-refractivity contribution in [1.82, 2.24) is 15.1 Å². The second-order valence-corrected chi connectivity index (χ2v) is 12.1. The third-order valence-corrected chi connectivity index (χ3v) is 9.42. The number of hydrogen-bond acceptors (Lipinski definition) is 6. The molecule has 0 radical (unpaired) electrons. The average molecular weight is 583 g/mol. The van der Waals surface area contributed by atoms with Crippen LogP contribution in [0.5, 0.6) is 0 Å². The predicted octanol–water partition coefficient (Wildman–Crippen LogP) is 3.21. The van der Waals surface area contributed by atoms with Gasteiger partial charge in [0.1, 0.15) is 11.9 Å². The van der Waals surface area contributed by atoms with E-state index >= 15 is 0 Å². The van der Waals surface area contributed by atoms with Crippen molar-refractivity contribution in [2.24, 2.45) is 11.8 Å². The molecule has 1 aromatic heterocycles. The first-order valence-electron chi connectivity index (χ1n) is 14.9. The zero-order valence-corrected chi connectivity index (χ0v) is 23.7. The number of amides is 4. The maximum Gasteiger partial charge on any atom is 0.264 e. The van der Waals surface area contributed by atoms with Crippen LogP contribution < -0.4 is 15.2 Å². The van der Waals surface area contributed by atoms with Crippen LogP contribution in [-0.4, -0.2) is 52.6 Å². The minimum atomic E-state index is -0.990. The summed E-state index contributed by atoms with van der Waals surface area (Å²) in [5.74, 6) is -0.922. The van der Waals surface area contributed by atoms with Gasteiger partial charge in [-0.25, -0.2) is 8.96 Å². The van der Waals surface area contributed by atoms with Gasteiger partial charge in [0.15, 0.2) is 18.4 Å². The van der Waals surface area contributed by atoms with Gasteiger partial charge >= 0.3 is 0 Å². The molecule has 3 aromatic rings. The molecule has 2 saturated heterocycles. The summed E-state index contributed by atoms with van der Waals surface area (Å²) in [6.07, 6.45) is 6.18. The summed E-state index contributed by atoms with van der Waals surface area (Å²) in [5.41, 5.74) is 3.34. The Labute approximate surface area is 248 Å². The molecule has 1 saturated carbocycles. The lowest BCUT2D eigenvalue weighted by Crippen LogP contribution is -2.54. The molecule has 10 heteroatoms. The summed E-state index contributed by atoms with van der Waals surface area (Å²) in [7, 11) is 0. The van der Waals surface area contributed by atoms with E-state index < -0.39 is 29.7 Å². The third kappa shape index (κ3) is 5.20. The van der Waals surface area contributed by atoms with E-state index in [-0.39, 0.29) is 29.8 Å². The fourth-order valence-electron chi connectivity index (χ4n) is 7.28. The molecule has 43 heavy (non-hydrogen) atoms. The van der Waals surface area contributed by atoms with Crippen molar-refractivity contribution in [1.29, 1.82) is 0 Å². The van der Waals surface area contributed by atoms with Gasteiger partial charge < -0.3 is 5.32 Å². The molecule has 7 rings (SSSR count). The van der Waals surface area contributed by atoms with Crippen LogP contribution in [0, 0.1) is 17.7 Å². The second kappa shape index (κ2) is 11.0. The van der Waals surface area contributed by atoms with Crippen LogP contribution >= 0.6 is 0 Å². The van der Waals surface area contributed by atoms with Gasteiger partial charge in [-0.1, -0.05) is 30.3 Å². The van der Waals surface area contributed by atoms with Crippen molar-refractivity contribution in [2.75, 3.05) is 18.4 Å². The first-order chi connectivity index (χ1) is 20.8. The Balaban J connectivity index is 0.948. The molecule has 3 fully saturated rings. The van der Waals surface area contributed by atoms with Crippen LogP contribution in [0.1, 0.15) is 63.6 Å². The fourth-order valence-corrected chi connectivity index (χ4v) is 7.28. The maximum absolute atomic E-state index is 13.3. The van der Waals surface area contributed by atoms with Crippen LogP contribution in [0.25, 0.3) is 0 Å². The molecule has 1 aliphatic carbocycles. The van der Waals surface area contributed by atoms with Crippen LogP contribution in [-0.2, 0) is 22.7 Å². The highest BCUT2D eigenvalue weighted by Gasteiger charge is 2.46. The van der Waals surface area contributed by atoms with Crippen molar-refractivity contribution in [3.05, 3.63) is 95.1 Å². The summed E-state index contributed by atoms with van der Waals surface area (Å²) in [5, 5.41) is 5.53. The number of nitrogens with one attached hydrogen (secondary N) is 2. The number of aromatic nitrogens is 1. The summed E-state index contributed by atoms with van der Waals surface area (Å²) in [6.45, 7) is 3.52. The number of likely N-dealkylation sites (tertiary alicyclic amines) is 1. The third-order valence-electron chi connectivity index (χ3n) is 9.42. The van der Waals surface area contributed by atoms with Crippen molar-refractivity contribution in [3.63, 3.8) is 0 Å². The minimum absolute atomic E-state index is 0.0843. The number of rotatable bonds is 7. The number of anilines is 1. The van der Waals surface area contributed by atoms with Crippen LogP contribution in [0.2, 0.25) is 0 Å². The molecule has 220 valence electrons. The van der Waals surface area contributed by atoms with Gasteiger partial charge in [-0.2, -0.15) is 0 Å². The summed E-state index contributed by atoms with van der Waals surface area (Å²) in [6, 6.07) is 16.0. The molecule has 0 bridgehead atoms. The molecule has 3 aliphatic heterocycles. The number of carbonyl (C=O) groups is 4. The SMILES string of the molecule is O=C1CCC(N2C(=O)c3cccc(NCc4ccc(CN5CC6CC([n+]7ccc(F)cc7)CC6C5)cc4)c3C2=O)C(=O)N1. The Morgan fingerprint density at radius 2 is 1.58 bits per heavy atom. The Morgan fingerprint density at radius 1 is 0.884 bits per heavy atom. The number of nitrogens with zero attached hydrogens (tertiary/aromatic N) is 3. The highest BCUT2D eigenvalue weighted by atomic mass is 19.1. The van der Waals surface area contributed by atoms with Gasteiger partial charge in [-0.3, -0.25) is 34.3 Å². The first-order valence-corrected chi connectivity index (χ1v) is 14.9. The molecular weight excluding hydrogens is 549 g/mol. The normalized spacial score (nSPS) is 25.2. The minimum Gasteiger partial charge on any atom is -0.380 e. The van der Waals surface area contributed by atoms with E-state index in [1.165, 1.54) is 17.7 Å². The Hall–Kier alpha value is -4.44. The predicted molar refractivity (Wildman–Crippen MR) is 154 cm³/mol.